The predicted molar refractivity (Wildman–Crippen MR) is 50.9 cm³/mol. The number of carbonyl (C=O) groups is 2. The second kappa shape index (κ2) is 3.88. The smallest absolute Gasteiger partial charge is 0.227 e. The van der Waals surface area contributed by atoms with Gasteiger partial charge < -0.3 is 0 Å². The van der Waals surface area contributed by atoms with Gasteiger partial charge in [0.25, 0.3) is 0 Å². The van der Waals surface area contributed by atoms with Gasteiger partial charge in [-0.15, -0.1) is 0 Å². The van der Waals surface area contributed by atoms with Crippen LogP contribution in [0, 0.1) is 5.82 Å². The summed E-state index contributed by atoms with van der Waals surface area (Å²) in [5.74, 6) is -2.33. The molecule has 0 aromatic heterocycles. The van der Waals surface area contributed by atoms with Gasteiger partial charge in [-0.05, 0) is 38.1 Å². The summed E-state index contributed by atoms with van der Waals surface area (Å²) in [5.41, 5.74) is -2.56. The minimum atomic E-state index is -2.54. The number of hydrogen-bond donors (Lipinski definition) is 0. The summed E-state index contributed by atoms with van der Waals surface area (Å²) in [7, 11) is 0. The van der Waals surface area contributed by atoms with Crippen molar-refractivity contribution in [2.75, 3.05) is 0 Å². The summed E-state index contributed by atoms with van der Waals surface area (Å²) in [5, 5.41) is 0. The van der Waals surface area contributed by atoms with Gasteiger partial charge in [0, 0.05) is 5.56 Å². The molecular weight excluding hydrogens is 202 g/mol. The molecule has 0 radical (unpaired) electrons. The van der Waals surface area contributed by atoms with Gasteiger partial charge in [-0.2, -0.15) is 0 Å². The average Bonchev–Trinajstić information content (AvgIpc) is 2.17. The summed E-state index contributed by atoms with van der Waals surface area (Å²) < 4.78 is 26.1. The van der Waals surface area contributed by atoms with Crippen molar-refractivity contribution >= 4 is 11.6 Å². The van der Waals surface area contributed by atoms with Crippen LogP contribution in [0.25, 0.3) is 0 Å². The van der Waals surface area contributed by atoms with E-state index >= 15 is 0 Å². The highest BCUT2D eigenvalue weighted by Gasteiger charge is 2.38. The molecule has 2 nitrogen and oxygen atoms in total. The molecule has 0 fully saturated rings. The van der Waals surface area contributed by atoms with E-state index in [1.165, 1.54) is 0 Å². The lowest BCUT2D eigenvalue weighted by molar-refractivity contribution is -0.124. The van der Waals surface area contributed by atoms with Crippen LogP contribution in [-0.2, 0) is 4.79 Å². The SMILES string of the molecule is CC(=O)[C@](C)(F)C(=O)c1ccc(F)cc1. The van der Waals surface area contributed by atoms with Crippen molar-refractivity contribution in [1.29, 1.82) is 0 Å². The maximum atomic E-state index is 13.6. The zero-order valence-corrected chi connectivity index (χ0v) is 8.38. The van der Waals surface area contributed by atoms with Crippen LogP contribution in [-0.4, -0.2) is 17.2 Å². The van der Waals surface area contributed by atoms with E-state index in [4.69, 9.17) is 0 Å². The number of alkyl halides is 1. The lowest BCUT2D eigenvalue weighted by Gasteiger charge is -2.14. The average molecular weight is 212 g/mol. The number of benzene rings is 1. The normalized spacial score (nSPS) is 14.4. The van der Waals surface area contributed by atoms with Gasteiger partial charge in [0.2, 0.25) is 11.5 Å². The maximum Gasteiger partial charge on any atom is 0.227 e. The Kier molecular flexibility index (Phi) is 2.98. The summed E-state index contributed by atoms with van der Waals surface area (Å²) >= 11 is 0. The van der Waals surface area contributed by atoms with Crippen molar-refractivity contribution in [1.82, 2.24) is 0 Å². The molecular formula is C11H10F2O2. The third-order valence-electron chi connectivity index (χ3n) is 2.19. The first-order valence-electron chi connectivity index (χ1n) is 4.36. The molecule has 0 spiro atoms. The fourth-order valence-corrected chi connectivity index (χ4v) is 1.03. The van der Waals surface area contributed by atoms with Gasteiger partial charge in [0.1, 0.15) is 5.82 Å². The second-order valence-electron chi connectivity index (χ2n) is 3.40. The fraction of sp³-hybridized carbons (Fsp3) is 0.273. The first kappa shape index (κ1) is 11.5. The highest BCUT2D eigenvalue weighted by molar-refractivity contribution is 6.16. The Balaban J connectivity index is 3.05. The van der Waals surface area contributed by atoms with E-state index in [2.05, 4.69) is 0 Å². The molecule has 0 unspecified atom stereocenters. The molecule has 4 heteroatoms. The Hall–Kier alpha value is -1.58. The lowest BCUT2D eigenvalue weighted by Crippen LogP contribution is -2.37. The number of hydrogen-bond acceptors (Lipinski definition) is 2. The Morgan fingerprint density at radius 1 is 1.20 bits per heavy atom. The summed E-state index contributed by atoms with van der Waals surface area (Å²) in [6, 6.07) is 4.39. The van der Waals surface area contributed by atoms with Crippen LogP contribution in [0.3, 0.4) is 0 Å². The van der Waals surface area contributed by atoms with Crippen molar-refractivity contribution in [3.63, 3.8) is 0 Å². The van der Waals surface area contributed by atoms with Gasteiger partial charge in [0.15, 0.2) is 5.78 Å². The molecule has 80 valence electrons. The third kappa shape index (κ3) is 2.26. The van der Waals surface area contributed by atoms with Crippen molar-refractivity contribution in [2.24, 2.45) is 0 Å². The van der Waals surface area contributed by atoms with Crippen LogP contribution in [0.2, 0.25) is 0 Å². The molecule has 0 N–H and O–H groups in total. The minimum Gasteiger partial charge on any atom is -0.296 e. The first-order chi connectivity index (χ1) is 6.85. The molecule has 1 rings (SSSR count). The number of rotatable bonds is 3. The minimum absolute atomic E-state index is 0.0170. The maximum absolute atomic E-state index is 13.6. The van der Waals surface area contributed by atoms with E-state index in [1.807, 2.05) is 0 Å². The zero-order chi connectivity index (χ0) is 11.6. The van der Waals surface area contributed by atoms with Crippen molar-refractivity contribution in [3.05, 3.63) is 35.6 Å². The van der Waals surface area contributed by atoms with Crippen LogP contribution < -0.4 is 0 Å². The van der Waals surface area contributed by atoms with E-state index in [9.17, 15) is 18.4 Å². The zero-order valence-electron chi connectivity index (χ0n) is 8.38. The highest BCUT2D eigenvalue weighted by atomic mass is 19.1. The second-order valence-corrected chi connectivity index (χ2v) is 3.40. The van der Waals surface area contributed by atoms with E-state index in [0.717, 1.165) is 38.1 Å². The molecule has 0 amide bonds. The number of Topliss-reactive ketones (excluding diaryl/α,β-unsaturated/α-hetero) is 2. The number of ketones is 2. The fourth-order valence-electron chi connectivity index (χ4n) is 1.03. The van der Waals surface area contributed by atoms with Crippen molar-refractivity contribution < 1.29 is 18.4 Å². The molecule has 0 heterocycles. The Bertz CT molecular complexity index is 394. The van der Waals surface area contributed by atoms with E-state index in [1.54, 1.807) is 0 Å². The van der Waals surface area contributed by atoms with E-state index in [0.29, 0.717) is 0 Å². The molecule has 0 saturated heterocycles. The van der Waals surface area contributed by atoms with Crippen molar-refractivity contribution in [2.45, 2.75) is 19.5 Å². The molecule has 1 aromatic carbocycles. The quantitative estimate of drug-likeness (QED) is 0.569. The molecule has 0 aliphatic heterocycles. The topological polar surface area (TPSA) is 34.1 Å². The predicted octanol–water partition coefficient (Wildman–Crippen LogP) is 2.33. The number of carbonyl (C=O) groups excluding carboxylic acids is 2. The molecule has 0 saturated carbocycles. The van der Waals surface area contributed by atoms with Crippen LogP contribution >= 0.6 is 0 Å². The lowest BCUT2D eigenvalue weighted by atomic mass is 9.93. The Labute approximate surface area is 85.9 Å². The Morgan fingerprint density at radius 2 is 1.67 bits per heavy atom. The monoisotopic (exact) mass is 212 g/mol. The van der Waals surface area contributed by atoms with E-state index in [-0.39, 0.29) is 5.56 Å². The molecule has 0 aliphatic carbocycles. The molecule has 0 bridgehead atoms. The number of halogens is 2. The highest BCUT2D eigenvalue weighted by Crippen LogP contribution is 2.19. The molecule has 1 aromatic rings. The summed E-state index contributed by atoms with van der Waals surface area (Å²) in [6.07, 6.45) is 0. The molecule has 1 atom stereocenters. The standard InChI is InChI=1S/C11H10F2O2/c1-7(14)11(2,13)10(15)8-3-5-9(12)6-4-8/h3-6H,1-2H3/t11-/m0/s1. The summed E-state index contributed by atoms with van der Waals surface area (Å²) in [4.78, 5) is 22.4. The Morgan fingerprint density at radius 3 is 2.07 bits per heavy atom. The van der Waals surface area contributed by atoms with Gasteiger partial charge in [-0.1, -0.05) is 0 Å². The molecule has 0 aliphatic rings. The largest absolute Gasteiger partial charge is 0.296 e. The van der Waals surface area contributed by atoms with Crippen molar-refractivity contribution in [3.8, 4) is 0 Å². The van der Waals surface area contributed by atoms with Gasteiger partial charge in [-0.3, -0.25) is 9.59 Å². The van der Waals surface area contributed by atoms with Crippen LogP contribution in [0.15, 0.2) is 24.3 Å². The third-order valence-corrected chi connectivity index (χ3v) is 2.19. The first-order valence-corrected chi connectivity index (χ1v) is 4.36. The van der Waals surface area contributed by atoms with Crippen LogP contribution in [0.1, 0.15) is 24.2 Å². The summed E-state index contributed by atoms with van der Waals surface area (Å²) in [6.45, 7) is 1.91. The van der Waals surface area contributed by atoms with E-state index < -0.39 is 23.1 Å². The van der Waals surface area contributed by atoms with Gasteiger partial charge >= 0.3 is 0 Å². The van der Waals surface area contributed by atoms with Crippen LogP contribution in [0.5, 0.6) is 0 Å². The van der Waals surface area contributed by atoms with Gasteiger partial charge in [-0.25, -0.2) is 8.78 Å². The van der Waals surface area contributed by atoms with Gasteiger partial charge in [0.05, 0.1) is 0 Å². The van der Waals surface area contributed by atoms with Crippen LogP contribution in [0.4, 0.5) is 8.78 Å². The molecule has 15 heavy (non-hydrogen) atoms.